The minimum Gasteiger partial charge on any atom is -0.444 e. The SMILES string of the molecule is CC(C)(C)OC(=O)N1CC[C@H](N2CCc3ccccc3C2)[C@@H](O)C1. The van der Waals surface area contributed by atoms with Gasteiger partial charge in [-0.25, -0.2) is 4.79 Å². The van der Waals surface area contributed by atoms with E-state index in [9.17, 15) is 9.90 Å². The lowest BCUT2D eigenvalue weighted by Crippen LogP contribution is -2.56. The fraction of sp³-hybridized carbons (Fsp3) is 0.632. The van der Waals surface area contributed by atoms with Gasteiger partial charge in [0.15, 0.2) is 0 Å². The lowest BCUT2D eigenvalue weighted by Gasteiger charge is -2.43. The maximum absolute atomic E-state index is 12.2. The van der Waals surface area contributed by atoms with Gasteiger partial charge in [-0.1, -0.05) is 24.3 Å². The third-order valence-electron chi connectivity index (χ3n) is 4.83. The van der Waals surface area contributed by atoms with Crippen molar-refractivity contribution in [3.8, 4) is 0 Å². The summed E-state index contributed by atoms with van der Waals surface area (Å²) in [5.41, 5.74) is 2.26. The predicted molar refractivity (Wildman–Crippen MR) is 92.8 cm³/mol. The topological polar surface area (TPSA) is 53.0 Å². The van der Waals surface area contributed by atoms with Gasteiger partial charge in [0.05, 0.1) is 12.6 Å². The van der Waals surface area contributed by atoms with Crippen LogP contribution in [-0.2, 0) is 17.7 Å². The van der Waals surface area contributed by atoms with E-state index in [1.54, 1.807) is 4.90 Å². The predicted octanol–water partition coefficient (Wildman–Crippen LogP) is 2.42. The van der Waals surface area contributed by atoms with E-state index in [1.165, 1.54) is 11.1 Å². The van der Waals surface area contributed by atoms with Crippen molar-refractivity contribution in [1.82, 2.24) is 9.80 Å². The first-order valence-electron chi connectivity index (χ1n) is 8.80. The number of rotatable bonds is 1. The number of aliphatic hydroxyl groups is 1. The summed E-state index contributed by atoms with van der Waals surface area (Å²) in [6.07, 6.45) is 0.943. The van der Waals surface area contributed by atoms with Crippen LogP contribution in [0.25, 0.3) is 0 Å². The fourth-order valence-corrected chi connectivity index (χ4v) is 3.64. The average molecular weight is 332 g/mol. The number of carbonyl (C=O) groups excluding carboxylic acids is 1. The number of amides is 1. The Morgan fingerprint density at radius 1 is 1.21 bits per heavy atom. The van der Waals surface area contributed by atoms with Crippen LogP contribution < -0.4 is 0 Å². The normalized spacial score (nSPS) is 25.2. The Balaban J connectivity index is 1.60. The average Bonchev–Trinajstić information content (AvgIpc) is 2.52. The van der Waals surface area contributed by atoms with E-state index in [4.69, 9.17) is 4.74 Å². The Labute approximate surface area is 144 Å². The molecule has 2 heterocycles. The minimum absolute atomic E-state index is 0.108. The second-order valence-electron chi connectivity index (χ2n) is 7.84. The van der Waals surface area contributed by atoms with E-state index in [0.29, 0.717) is 13.1 Å². The van der Waals surface area contributed by atoms with Crippen molar-refractivity contribution < 1.29 is 14.6 Å². The molecule has 3 rings (SSSR count). The van der Waals surface area contributed by atoms with Gasteiger partial charge in [0, 0.05) is 25.7 Å². The number of likely N-dealkylation sites (tertiary alicyclic amines) is 1. The summed E-state index contributed by atoms with van der Waals surface area (Å²) in [4.78, 5) is 16.2. The molecule has 2 aliphatic rings. The van der Waals surface area contributed by atoms with Gasteiger partial charge < -0.3 is 14.7 Å². The van der Waals surface area contributed by atoms with Gasteiger partial charge in [0.25, 0.3) is 0 Å². The summed E-state index contributed by atoms with van der Waals surface area (Å²) in [7, 11) is 0. The lowest BCUT2D eigenvalue weighted by molar-refractivity contribution is -0.0324. The number of nitrogens with zero attached hydrogens (tertiary/aromatic N) is 2. The molecule has 0 unspecified atom stereocenters. The molecule has 0 aliphatic carbocycles. The molecule has 1 aromatic rings. The molecule has 1 fully saturated rings. The van der Waals surface area contributed by atoms with E-state index in [-0.39, 0.29) is 12.1 Å². The van der Waals surface area contributed by atoms with Gasteiger partial charge in [0.1, 0.15) is 5.60 Å². The van der Waals surface area contributed by atoms with Crippen molar-refractivity contribution in [2.24, 2.45) is 0 Å². The second kappa shape index (κ2) is 6.73. The van der Waals surface area contributed by atoms with Crippen LogP contribution in [0, 0.1) is 0 Å². The van der Waals surface area contributed by atoms with Gasteiger partial charge >= 0.3 is 6.09 Å². The number of aliphatic hydroxyl groups excluding tert-OH is 1. The molecular weight excluding hydrogens is 304 g/mol. The number of hydrogen-bond donors (Lipinski definition) is 1. The number of ether oxygens (including phenoxy) is 1. The van der Waals surface area contributed by atoms with Crippen molar-refractivity contribution >= 4 is 6.09 Å². The summed E-state index contributed by atoms with van der Waals surface area (Å²) in [6.45, 7) is 8.40. The lowest BCUT2D eigenvalue weighted by atomic mass is 9.94. The first-order chi connectivity index (χ1) is 11.3. The van der Waals surface area contributed by atoms with Gasteiger partial charge in [-0.15, -0.1) is 0 Å². The van der Waals surface area contributed by atoms with Crippen LogP contribution in [0.1, 0.15) is 38.3 Å². The standard InChI is InChI=1S/C19H28N2O3/c1-19(2,3)24-18(23)21-11-9-16(17(22)13-21)20-10-8-14-6-4-5-7-15(14)12-20/h4-7,16-17,22H,8-13H2,1-3H3/t16-,17-/m0/s1. The number of benzene rings is 1. The molecule has 1 aromatic carbocycles. The Bertz CT molecular complexity index is 597. The van der Waals surface area contributed by atoms with Crippen molar-refractivity contribution in [2.75, 3.05) is 19.6 Å². The zero-order chi connectivity index (χ0) is 17.3. The summed E-state index contributed by atoms with van der Waals surface area (Å²) in [6, 6.07) is 8.63. The zero-order valence-electron chi connectivity index (χ0n) is 14.9. The number of fused-ring (bicyclic) bond motifs is 1. The van der Waals surface area contributed by atoms with Crippen LogP contribution in [0.3, 0.4) is 0 Å². The van der Waals surface area contributed by atoms with Crippen LogP contribution in [0.5, 0.6) is 0 Å². The van der Waals surface area contributed by atoms with Crippen molar-refractivity contribution in [3.05, 3.63) is 35.4 Å². The molecule has 5 heteroatoms. The fourth-order valence-electron chi connectivity index (χ4n) is 3.64. The molecule has 5 nitrogen and oxygen atoms in total. The highest BCUT2D eigenvalue weighted by Crippen LogP contribution is 2.25. The molecule has 0 radical (unpaired) electrons. The first-order valence-corrected chi connectivity index (χ1v) is 8.80. The molecule has 0 spiro atoms. The first kappa shape index (κ1) is 17.2. The van der Waals surface area contributed by atoms with E-state index in [0.717, 1.165) is 25.9 Å². The molecule has 1 amide bonds. The number of β-amino-alcohol motifs (C(OH)–C–C–N with tert-alkyl or cyclic N) is 1. The summed E-state index contributed by atoms with van der Waals surface area (Å²) >= 11 is 0. The monoisotopic (exact) mass is 332 g/mol. The number of piperidine rings is 1. The maximum atomic E-state index is 12.2. The Morgan fingerprint density at radius 3 is 2.58 bits per heavy atom. The van der Waals surface area contributed by atoms with Crippen molar-refractivity contribution in [2.45, 2.75) is 57.9 Å². The van der Waals surface area contributed by atoms with Crippen LogP contribution >= 0.6 is 0 Å². The van der Waals surface area contributed by atoms with E-state index < -0.39 is 11.7 Å². The van der Waals surface area contributed by atoms with Crippen LogP contribution in [-0.4, -0.2) is 58.4 Å². The molecule has 1 saturated heterocycles. The third-order valence-corrected chi connectivity index (χ3v) is 4.83. The summed E-state index contributed by atoms with van der Waals surface area (Å²) in [5.74, 6) is 0. The second-order valence-corrected chi connectivity index (χ2v) is 7.84. The largest absolute Gasteiger partial charge is 0.444 e. The van der Waals surface area contributed by atoms with Crippen LogP contribution in [0.15, 0.2) is 24.3 Å². The van der Waals surface area contributed by atoms with Gasteiger partial charge in [-0.05, 0) is 44.7 Å². The maximum Gasteiger partial charge on any atom is 0.410 e. The molecule has 0 saturated carbocycles. The van der Waals surface area contributed by atoms with Gasteiger partial charge in [-0.3, -0.25) is 4.90 Å². The van der Waals surface area contributed by atoms with E-state index in [1.807, 2.05) is 20.8 Å². The summed E-state index contributed by atoms with van der Waals surface area (Å²) < 4.78 is 5.41. The highest BCUT2D eigenvalue weighted by atomic mass is 16.6. The van der Waals surface area contributed by atoms with Crippen molar-refractivity contribution in [3.63, 3.8) is 0 Å². The zero-order valence-corrected chi connectivity index (χ0v) is 14.9. The molecular formula is C19H28N2O3. The van der Waals surface area contributed by atoms with Crippen LogP contribution in [0.4, 0.5) is 4.79 Å². The van der Waals surface area contributed by atoms with Gasteiger partial charge in [0.2, 0.25) is 0 Å². The van der Waals surface area contributed by atoms with Gasteiger partial charge in [-0.2, -0.15) is 0 Å². The molecule has 2 aliphatic heterocycles. The Hall–Kier alpha value is -1.59. The highest BCUT2D eigenvalue weighted by Gasteiger charge is 2.36. The molecule has 24 heavy (non-hydrogen) atoms. The van der Waals surface area contributed by atoms with E-state index >= 15 is 0 Å². The molecule has 1 N–H and O–H groups in total. The molecule has 132 valence electrons. The molecule has 2 atom stereocenters. The quantitative estimate of drug-likeness (QED) is 0.858. The molecule has 0 aromatic heterocycles. The molecule has 0 bridgehead atoms. The van der Waals surface area contributed by atoms with Crippen LogP contribution in [0.2, 0.25) is 0 Å². The highest BCUT2D eigenvalue weighted by molar-refractivity contribution is 5.68. The summed E-state index contributed by atoms with van der Waals surface area (Å²) in [5, 5.41) is 10.6. The van der Waals surface area contributed by atoms with Crippen molar-refractivity contribution in [1.29, 1.82) is 0 Å². The third kappa shape index (κ3) is 3.90. The Kier molecular flexibility index (Phi) is 4.83. The van der Waals surface area contributed by atoms with E-state index in [2.05, 4.69) is 29.2 Å². The number of carbonyl (C=O) groups is 1. The number of hydrogen-bond acceptors (Lipinski definition) is 4. The Morgan fingerprint density at radius 2 is 1.92 bits per heavy atom. The smallest absolute Gasteiger partial charge is 0.410 e. The minimum atomic E-state index is -0.531.